The molecule has 2 atom stereocenters. The second-order valence-corrected chi connectivity index (χ2v) is 4.16. The van der Waals surface area contributed by atoms with Crippen molar-refractivity contribution < 1.29 is 14.2 Å². The summed E-state index contributed by atoms with van der Waals surface area (Å²) >= 11 is 0. The molecule has 90 valence electrons. The Morgan fingerprint density at radius 3 is 1.87 bits per heavy atom. The Morgan fingerprint density at radius 1 is 1.00 bits per heavy atom. The van der Waals surface area contributed by atoms with Gasteiger partial charge < -0.3 is 19.9 Å². The van der Waals surface area contributed by atoms with E-state index in [0.717, 1.165) is 25.8 Å². The van der Waals surface area contributed by atoms with Gasteiger partial charge in [-0.1, -0.05) is 0 Å². The molecule has 0 saturated heterocycles. The molecule has 4 heteroatoms. The summed E-state index contributed by atoms with van der Waals surface area (Å²) in [5.74, 6) is 0.594. The summed E-state index contributed by atoms with van der Waals surface area (Å²) in [5, 5.41) is 0. The van der Waals surface area contributed by atoms with Crippen LogP contribution in [0.15, 0.2) is 0 Å². The first-order valence-corrected chi connectivity index (χ1v) is 5.55. The minimum atomic E-state index is 0.0500. The van der Waals surface area contributed by atoms with Gasteiger partial charge in [0.25, 0.3) is 0 Å². The van der Waals surface area contributed by atoms with E-state index < -0.39 is 0 Å². The molecule has 1 aliphatic rings. The van der Waals surface area contributed by atoms with Gasteiger partial charge in [0.2, 0.25) is 0 Å². The Kier molecular flexibility index (Phi) is 5.53. The predicted molar refractivity (Wildman–Crippen MR) is 58.8 cm³/mol. The highest BCUT2D eigenvalue weighted by Crippen LogP contribution is 2.31. The summed E-state index contributed by atoms with van der Waals surface area (Å²) in [6, 6.07) is 0. The SMILES string of the molecule is COC1CC(CCN)CC(OC)C1OC. The van der Waals surface area contributed by atoms with Crippen molar-refractivity contribution in [3.05, 3.63) is 0 Å². The fourth-order valence-electron chi connectivity index (χ4n) is 2.50. The average Bonchev–Trinajstić information content (AvgIpc) is 2.28. The molecule has 2 unspecified atom stereocenters. The Labute approximate surface area is 92.1 Å². The third kappa shape index (κ3) is 3.14. The van der Waals surface area contributed by atoms with Gasteiger partial charge in [0.05, 0.1) is 12.2 Å². The minimum Gasteiger partial charge on any atom is -0.379 e. The highest BCUT2D eigenvalue weighted by molar-refractivity contribution is 4.88. The van der Waals surface area contributed by atoms with Crippen LogP contribution in [0.4, 0.5) is 0 Å². The van der Waals surface area contributed by atoms with Gasteiger partial charge in [-0.3, -0.25) is 0 Å². The zero-order valence-electron chi connectivity index (χ0n) is 9.94. The van der Waals surface area contributed by atoms with E-state index in [4.69, 9.17) is 19.9 Å². The van der Waals surface area contributed by atoms with Crippen molar-refractivity contribution in [2.75, 3.05) is 27.9 Å². The minimum absolute atomic E-state index is 0.0500. The second-order valence-electron chi connectivity index (χ2n) is 4.16. The highest BCUT2D eigenvalue weighted by Gasteiger charge is 2.38. The third-order valence-electron chi connectivity index (χ3n) is 3.32. The molecule has 0 radical (unpaired) electrons. The summed E-state index contributed by atoms with van der Waals surface area (Å²) < 4.78 is 16.4. The van der Waals surface area contributed by atoms with Crippen LogP contribution in [0, 0.1) is 5.92 Å². The van der Waals surface area contributed by atoms with E-state index in [0.29, 0.717) is 5.92 Å². The third-order valence-corrected chi connectivity index (χ3v) is 3.32. The maximum absolute atomic E-state index is 5.59. The summed E-state index contributed by atoms with van der Waals surface area (Å²) in [5.41, 5.74) is 5.59. The number of ether oxygens (including phenoxy) is 3. The van der Waals surface area contributed by atoms with Crippen LogP contribution < -0.4 is 5.73 Å². The molecule has 0 spiro atoms. The zero-order valence-corrected chi connectivity index (χ0v) is 9.94. The smallest absolute Gasteiger partial charge is 0.109 e. The molecule has 1 fully saturated rings. The van der Waals surface area contributed by atoms with Crippen LogP contribution >= 0.6 is 0 Å². The molecule has 4 nitrogen and oxygen atoms in total. The van der Waals surface area contributed by atoms with Crippen molar-refractivity contribution in [2.45, 2.75) is 37.6 Å². The van der Waals surface area contributed by atoms with Gasteiger partial charge in [0, 0.05) is 21.3 Å². The normalized spacial score (nSPS) is 36.8. The number of rotatable bonds is 5. The number of hydrogen-bond donors (Lipinski definition) is 1. The lowest BCUT2D eigenvalue weighted by Gasteiger charge is -2.39. The van der Waals surface area contributed by atoms with Gasteiger partial charge >= 0.3 is 0 Å². The van der Waals surface area contributed by atoms with Crippen LogP contribution in [-0.4, -0.2) is 46.2 Å². The molecule has 1 saturated carbocycles. The van der Waals surface area contributed by atoms with Gasteiger partial charge in [-0.15, -0.1) is 0 Å². The van der Waals surface area contributed by atoms with E-state index in [1.165, 1.54) is 0 Å². The lowest BCUT2D eigenvalue weighted by molar-refractivity contribution is -0.140. The van der Waals surface area contributed by atoms with Crippen molar-refractivity contribution in [1.82, 2.24) is 0 Å². The summed E-state index contributed by atoms with van der Waals surface area (Å²) in [7, 11) is 5.18. The largest absolute Gasteiger partial charge is 0.379 e. The fourth-order valence-corrected chi connectivity index (χ4v) is 2.50. The van der Waals surface area contributed by atoms with E-state index in [1.54, 1.807) is 21.3 Å². The Balaban J connectivity index is 2.60. The van der Waals surface area contributed by atoms with E-state index in [1.807, 2.05) is 0 Å². The second kappa shape index (κ2) is 6.43. The molecule has 0 amide bonds. The quantitative estimate of drug-likeness (QED) is 0.739. The average molecular weight is 217 g/mol. The fraction of sp³-hybridized carbons (Fsp3) is 1.00. The monoisotopic (exact) mass is 217 g/mol. The summed E-state index contributed by atoms with van der Waals surface area (Å²) in [4.78, 5) is 0. The molecular weight excluding hydrogens is 194 g/mol. The van der Waals surface area contributed by atoms with E-state index in [-0.39, 0.29) is 18.3 Å². The van der Waals surface area contributed by atoms with E-state index in [2.05, 4.69) is 0 Å². The van der Waals surface area contributed by atoms with Gasteiger partial charge in [-0.2, -0.15) is 0 Å². The molecule has 0 heterocycles. The molecule has 0 aliphatic heterocycles. The Morgan fingerprint density at radius 2 is 1.53 bits per heavy atom. The van der Waals surface area contributed by atoms with Crippen molar-refractivity contribution in [1.29, 1.82) is 0 Å². The molecule has 2 N–H and O–H groups in total. The molecule has 0 aromatic carbocycles. The topological polar surface area (TPSA) is 53.7 Å². The van der Waals surface area contributed by atoms with E-state index >= 15 is 0 Å². The number of methoxy groups -OCH3 is 3. The molecule has 0 aromatic rings. The van der Waals surface area contributed by atoms with Gasteiger partial charge in [-0.25, -0.2) is 0 Å². The highest BCUT2D eigenvalue weighted by atomic mass is 16.6. The zero-order chi connectivity index (χ0) is 11.3. The lowest BCUT2D eigenvalue weighted by Crippen LogP contribution is -2.47. The molecule has 1 aliphatic carbocycles. The molecule has 0 aromatic heterocycles. The van der Waals surface area contributed by atoms with Crippen molar-refractivity contribution in [2.24, 2.45) is 11.7 Å². The number of hydrogen-bond acceptors (Lipinski definition) is 4. The number of nitrogens with two attached hydrogens (primary N) is 1. The molecular formula is C11H23NO3. The first-order chi connectivity index (χ1) is 7.26. The summed E-state index contributed by atoms with van der Waals surface area (Å²) in [6.45, 7) is 0.731. The van der Waals surface area contributed by atoms with Gasteiger partial charge in [0.15, 0.2) is 0 Å². The Hall–Kier alpha value is -0.160. The van der Waals surface area contributed by atoms with Crippen LogP contribution in [0.1, 0.15) is 19.3 Å². The first kappa shape index (κ1) is 12.9. The predicted octanol–water partition coefficient (Wildman–Crippen LogP) is 0.790. The van der Waals surface area contributed by atoms with Crippen LogP contribution in [0.2, 0.25) is 0 Å². The maximum Gasteiger partial charge on any atom is 0.109 e. The van der Waals surface area contributed by atoms with Crippen LogP contribution in [0.5, 0.6) is 0 Å². The lowest BCUT2D eigenvalue weighted by atomic mass is 9.81. The molecule has 1 rings (SSSR count). The maximum atomic E-state index is 5.59. The van der Waals surface area contributed by atoms with E-state index in [9.17, 15) is 0 Å². The first-order valence-electron chi connectivity index (χ1n) is 5.55. The van der Waals surface area contributed by atoms with Crippen molar-refractivity contribution in [3.8, 4) is 0 Å². The van der Waals surface area contributed by atoms with Crippen LogP contribution in [-0.2, 0) is 14.2 Å². The Bertz CT molecular complexity index is 163. The van der Waals surface area contributed by atoms with Crippen LogP contribution in [0.25, 0.3) is 0 Å². The molecule has 15 heavy (non-hydrogen) atoms. The standard InChI is InChI=1S/C11H23NO3/c1-13-9-6-8(4-5-12)7-10(14-2)11(9)15-3/h8-11H,4-7,12H2,1-3H3. The summed E-state index contributed by atoms with van der Waals surface area (Å²) in [6.07, 6.45) is 3.39. The molecule has 0 bridgehead atoms. The van der Waals surface area contributed by atoms with Gasteiger partial charge in [-0.05, 0) is 31.7 Å². The van der Waals surface area contributed by atoms with Gasteiger partial charge in [0.1, 0.15) is 6.10 Å². The van der Waals surface area contributed by atoms with Crippen molar-refractivity contribution >= 4 is 0 Å². The van der Waals surface area contributed by atoms with Crippen molar-refractivity contribution in [3.63, 3.8) is 0 Å². The van der Waals surface area contributed by atoms with Crippen LogP contribution in [0.3, 0.4) is 0 Å².